The van der Waals surface area contributed by atoms with Crippen molar-refractivity contribution in [1.82, 2.24) is 20.4 Å². The summed E-state index contributed by atoms with van der Waals surface area (Å²) in [6.45, 7) is 1.08. The number of aromatic nitrogens is 3. The first-order valence-corrected chi connectivity index (χ1v) is 3.68. The van der Waals surface area contributed by atoms with Crippen LogP contribution in [-0.4, -0.2) is 34.6 Å². The zero-order chi connectivity index (χ0) is 9.68. The van der Waals surface area contributed by atoms with E-state index in [4.69, 9.17) is 10.6 Å². The van der Waals surface area contributed by atoms with Crippen LogP contribution in [-0.2, 0) is 11.3 Å². The number of hydrogen-bond acceptors (Lipinski definition) is 5. The fraction of sp³-hybridized carbons (Fsp3) is 0.500. The van der Waals surface area contributed by atoms with E-state index in [1.54, 1.807) is 7.11 Å². The number of hydrogen-bond donors (Lipinski definition) is 2. The van der Waals surface area contributed by atoms with E-state index in [-0.39, 0.29) is 5.69 Å². The standard InChI is InChI=1S/C6H11N5O2/c1-13-3-2-11-4-5(9-10-11)6(12)8-7/h4H,2-3,7H2,1H3,(H,8,12). The van der Waals surface area contributed by atoms with E-state index >= 15 is 0 Å². The highest BCUT2D eigenvalue weighted by atomic mass is 16.5. The average molecular weight is 185 g/mol. The molecule has 0 spiro atoms. The third kappa shape index (κ3) is 2.49. The van der Waals surface area contributed by atoms with Gasteiger partial charge in [-0.2, -0.15) is 0 Å². The summed E-state index contributed by atoms with van der Waals surface area (Å²) in [5, 5.41) is 7.30. The van der Waals surface area contributed by atoms with E-state index < -0.39 is 5.91 Å². The molecule has 13 heavy (non-hydrogen) atoms. The van der Waals surface area contributed by atoms with Crippen LogP contribution in [0.25, 0.3) is 0 Å². The van der Waals surface area contributed by atoms with Crippen LogP contribution in [0.2, 0.25) is 0 Å². The predicted molar refractivity (Wildman–Crippen MR) is 43.6 cm³/mol. The smallest absolute Gasteiger partial charge is 0.287 e. The molecule has 0 aliphatic heterocycles. The molecule has 7 nitrogen and oxygen atoms in total. The number of methoxy groups -OCH3 is 1. The Morgan fingerprint density at radius 1 is 1.85 bits per heavy atom. The molecule has 0 atom stereocenters. The Morgan fingerprint density at radius 2 is 2.62 bits per heavy atom. The Kier molecular flexibility index (Phi) is 3.35. The van der Waals surface area contributed by atoms with Gasteiger partial charge >= 0.3 is 0 Å². The Balaban J connectivity index is 2.58. The molecule has 0 saturated heterocycles. The van der Waals surface area contributed by atoms with Gasteiger partial charge in [0.15, 0.2) is 5.69 Å². The molecule has 72 valence electrons. The maximum atomic E-state index is 10.9. The Morgan fingerprint density at radius 3 is 3.23 bits per heavy atom. The number of carbonyl (C=O) groups excluding carboxylic acids is 1. The quantitative estimate of drug-likeness (QED) is 0.339. The van der Waals surface area contributed by atoms with Gasteiger partial charge < -0.3 is 4.74 Å². The molecule has 0 unspecified atom stereocenters. The fourth-order valence-corrected chi connectivity index (χ4v) is 0.770. The second-order valence-corrected chi connectivity index (χ2v) is 2.33. The number of nitrogens with zero attached hydrogens (tertiary/aromatic N) is 3. The minimum absolute atomic E-state index is 0.193. The number of nitrogens with one attached hydrogen (secondary N) is 1. The third-order valence-corrected chi connectivity index (χ3v) is 1.43. The molecular weight excluding hydrogens is 174 g/mol. The van der Waals surface area contributed by atoms with Gasteiger partial charge in [-0.3, -0.25) is 10.2 Å². The largest absolute Gasteiger partial charge is 0.383 e. The van der Waals surface area contributed by atoms with E-state index in [1.807, 2.05) is 5.43 Å². The number of carbonyl (C=O) groups is 1. The molecule has 0 saturated carbocycles. The molecule has 0 aliphatic carbocycles. The number of hydrazine groups is 1. The van der Waals surface area contributed by atoms with E-state index in [1.165, 1.54) is 10.9 Å². The molecule has 0 bridgehead atoms. The van der Waals surface area contributed by atoms with Crippen LogP contribution >= 0.6 is 0 Å². The zero-order valence-corrected chi connectivity index (χ0v) is 7.23. The summed E-state index contributed by atoms with van der Waals surface area (Å²) in [5.41, 5.74) is 2.16. The first-order valence-electron chi connectivity index (χ1n) is 3.68. The number of ether oxygens (including phenoxy) is 1. The van der Waals surface area contributed by atoms with E-state index in [2.05, 4.69) is 10.3 Å². The fourth-order valence-electron chi connectivity index (χ4n) is 0.770. The van der Waals surface area contributed by atoms with Gasteiger partial charge in [-0.15, -0.1) is 5.10 Å². The Bertz CT molecular complexity index is 284. The molecule has 1 amide bonds. The molecule has 7 heteroatoms. The first kappa shape index (κ1) is 9.62. The van der Waals surface area contributed by atoms with Crippen molar-refractivity contribution in [2.24, 2.45) is 5.84 Å². The van der Waals surface area contributed by atoms with Crippen molar-refractivity contribution in [3.05, 3.63) is 11.9 Å². The van der Waals surface area contributed by atoms with Gasteiger partial charge in [0.05, 0.1) is 19.3 Å². The van der Waals surface area contributed by atoms with Crippen LogP contribution in [0.4, 0.5) is 0 Å². The minimum atomic E-state index is -0.455. The Hall–Kier alpha value is -1.47. The molecule has 0 radical (unpaired) electrons. The lowest BCUT2D eigenvalue weighted by Crippen LogP contribution is -2.30. The van der Waals surface area contributed by atoms with Crippen LogP contribution in [0.15, 0.2) is 6.20 Å². The average Bonchev–Trinajstić information content (AvgIpc) is 2.62. The van der Waals surface area contributed by atoms with Gasteiger partial charge in [-0.25, -0.2) is 10.5 Å². The molecule has 0 aliphatic rings. The Labute approximate surface area is 74.8 Å². The SMILES string of the molecule is COCCn1cc(C(=O)NN)nn1. The summed E-state index contributed by atoms with van der Waals surface area (Å²) in [4.78, 5) is 10.9. The van der Waals surface area contributed by atoms with Crippen molar-refractivity contribution in [3.8, 4) is 0 Å². The monoisotopic (exact) mass is 185 g/mol. The topological polar surface area (TPSA) is 95.1 Å². The molecule has 1 rings (SSSR count). The van der Waals surface area contributed by atoms with Gasteiger partial charge in [0, 0.05) is 7.11 Å². The molecule has 0 aromatic carbocycles. The summed E-state index contributed by atoms with van der Waals surface area (Å²) in [7, 11) is 1.59. The first-order chi connectivity index (χ1) is 6.27. The van der Waals surface area contributed by atoms with Crippen LogP contribution < -0.4 is 11.3 Å². The third-order valence-electron chi connectivity index (χ3n) is 1.43. The summed E-state index contributed by atoms with van der Waals surface area (Å²) < 4.78 is 6.34. The lowest BCUT2D eigenvalue weighted by molar-refractivity contribution is 0.0948. The lowest BCUT2D eigenvalue weighted by Gasteiger charge is -1.96. The highest BCUT2D eigenvalue weighted by molar-refractivity contribution is 5.91. The number of nitrogen functional groups attached to an aromatic ring is 1. The number of nitrogens with two attached hydrogens (primary N) is 1. The van der Waals surface area contributed by atoms with Crippen LogP contribution in [0.3, 0.4) is 0 Å². The van der Waals surface area contributed by atoms with E-state index in [0.717, 1.165) is 0 Å². The van der Waals surface area contributed by atoms with Crippen LogP contribution in [0, 0.1) is 0 Å². The maximum Gasteiger partial charge on any atom is 0.287 e. The summed E-state index contributed by atoms with van der Waals surface area (Å²) in [6, 6.07) is 0. The van der Waals surface area contributed by atoms with Crippen molar-refractivity contribution in [1.29, 1.82) is 0 Å². The van der Waals surface area contributed by atoms with Crippen LogP contribution in [0.5, 0.6) is 0 Å². The van der Waals surface area contributed by atoms with Gasteiger partial charge in [-0.05, 0) is 0 Å². The highest BCUT2D eigenvalue weighted by Crippen LogP contribution is 1.91. The molecule has 1 aromatic rings. The second-order valence-electron chi connectivity index (χ2n) is 2.33. The van der Waals surface area contributed by atoms with Crippen molar-refractivity contribution >= 4 is 5.91 Å². The second kappa shape index (κ2) is 4.53. The molecule has 1 aromatic heterocycles. The molecule has 0 fully saturated rings. The lowest BCUT2D eigenvalue weighted by atomic mass is 10.4. The van der Waals surface area contributed by atoms with E-state index in [0.29, 0.717) is 13.2 Å². The predicted octanol–water partition coefficient (Wildman–Crippen LogP) is -1.47. The van der Waals surface area contributed by atoms with Gasteiger partial charge in [-0.1, -0.05) is 5.21 Å². The number of rotatable bonds is 4. The van der Waals surface area contributed by atoms with E-state index in [9.17, 15) is 4.79 Å². The van der Waals surface area contributed by atoms with Crippen molar-refractivity contribution in [2.45, 2.75) is 6.54 Å². The van der Waals surface area contributed by atoms with Crippen molar-refractivity contribution in [2.75, 3.05) is 13.7 Å². The summed E-state index contributed by atoms with van der Waals surface area (Å²) >= 11 is 0. The maximum absolute atomic E-state index is 10.9. The van der Waals surface area contributed by atoms with Crippen molar-refractivity contribution in [3.63, 3.8) is 0 Å². The minimum Gasteiger partial charge on any atom is -0.383 e. The zero-order valence-electron chi connectivity index (χ0n) is 7.23. The van der Waals surface area contributed by atoms with Gasteiger partial charge in [0.25, 0.3) is 5.91 Å². The summed E-state index contributed by atoms with van der Waals surface area (Å²) in [6.07, 6.45) is 1.50. The number of amides is 1. The molecule has 3 N–H and O–H groups in total. The highest BCUT2D eigenvalue weighted by Gasteiger charge is 2.07. The molecule has 1 heterocycles. The van der Waals surface area contributed by atoms with Crippen LogP contribution in [0.1, 0.15) is 10.5 Å². The normalized spacial score (nSPS) is 10.0. The summed E-state index contributed by atoms with van der Waals surface area (Å²) in [5.74, 6) is 4.46. The van der Waals surface area contributed by atoms with Gasteiger partial charge in [0.2, 0.25) is 0 Å². The molecular formula is C6H11N5O2. The van der Waals surface area contributed by atoms with Crippen molar-refractivity contribution < 1.29 is 9.53 Å². The van der Waals surface area contributed by atoms with Gasteiger partial charge in [0.1, 0.15) is 0 Å².